The molecule has 0 aromatic carbocycles. The average Bonchev–Trinajstić information content (AvgIpc) is 2.72. The van der Waals surface area contributed by atoms with E-state index in [4.69, 9.17) is 14.3 Å². The van der Waals surface area contributed by atoms with Gasteiger partial charge < -0.3 is 9.47 Å². The molecule has 1 aliphatic carbocycles. The van der Waals surface area contributed by atoms with E-state index < -0.39 is 0 Å². The van der Waals surface area contributed by atoms with Gasteiger partial charge in [-0.05, 0) is 18.1 Å². The summed E-state index contributed by atoms with van der Waals surface area (Å²) < 4.78 is 11.6. The van der Waals surface area contributed by atoms with Crippen molar-refractivity contribution in [3.63, 3.8) is 0 Å². The van der Waals surface area contributed by atoms with E-state index in [1.807, 2.05) is 30.3 Å². The first kappa shape index (κ1) is 19.7. The number of hydrogen-bond acceptors (Lipinski definition) is 7. The van der Waals surface area contributed by atoms with E-state index in [0.717, 1.165) is 44.8 Å². The lowest BCUT2D eigenvalue weighted by Gasteiger charge is -2.32. The molecule has 2 unspecified atom stereocenters. The number of morpholine rings is 1. The Morgan fingerprint density at radius 2 is 2.19 bits per heavy atom. The highest BCUT2D eigenvalue weighted by Gasteiger charge is 2.32. The molecule has 0 spiro atoms. The number of allylic oxidation sites excluding steroid dienone is 2. The first-order chi connectivity index (χ1) is 13.2. The Balaban J connectivity index is 1.60. The topological polar surface area (TPSA) is 66.6 Å². The maximum atomic E-state index is 11.9. The van der Waals surface area contributed by atoms with Crippen LogP contribution in [0.3, 0.4) is 0 Å². The molecule has 8 heteroatoms. The predicted octanol–water partition coefficient (Wildman–Crippen LogP) is 1.50. The highest BCUT2D eigenvalue weighted by molar-refractivity contribution is 5.72. The smallest absolute Gasteiger partial charge is 0.313 e. The molecule has 0 amide bonds. The van der Waals surface area contributed by atoms with Crippen LogP contribution in [0.25, 0.3) is 0 Å². The Morgan fingerprint density at radius 1 is 1.37 bits per heavy atom. The van der Waals surface area contributed by atoms with Gasteiger partial charge >= 0.3 is 5.70 Å². The Labute approximate surface area is 160 Å². The van der Waals surface area contributed by atoms with Crippen molar-refractivity contribution >= 4 is 6.21 Å². The first-order valence-electron chi connectivity index (χ1n) is 9.47. The molecule has 8 nitrogen and oxygen atoms in total. The minimum atomic E-state index is -0.0749. The van der Waals surface area contributed by atoms with Gasteiger partial charge in [-0.2, -0.15) is 5.10 Å². The highest BCUT2D eigenvalue weighted by Crippen LogP contribution is 2.28. The second-order valence-corrected chi connectivity index (χ2v) is 6.78. The van der Waals surface area contributed by atoms with Gasteiger partial charge in [0.05, 0.1) is 30.3 Å². The monoisotopic (exact) mass is 377 g/mol. The highest BCUT2D eigenvalue weighted by atomic mass is 16.8. The van der Waals surface area contributed by atoms with Crippen molar-refractivity contribution in [2.75, 3.05) is 53.6 Å². The van der Waals surface area contributed by atoms with Crippen molar-refractivity contribution in [2.24, 2.45) is 5.10 Å². The van der Waals surface area contributed by atoms with Gasteiger partial charge in [0.2, 0.25) is 0 Å². The summed E-state index contributed by atoms with van der Waals surface area (Å²) in [6, 6.07) is -0.0341. The van der Waals surface area contributed by atoms with E-state index in [9.17, 15) is 4.91 Å². The largest absolute Gasteiger partial charge is 0.379 e. The van der Waals surface area contributed by atoms with Crippen molar-refractivity contribution in [1.29, 1.82) is 0 Å². The second kappa shape index (κ2) is 9.77. The van der Waals surface area contributed by atoms with E-state index in [-0.39, 0.29) is 12.1 Å². The standard InChI is InChI=1S/C19H29N4O4/c1-21-18(5-3-8-20-21)17-15-16(23(24)25-2)6-7-19(17)27-12-4-9-22-10-13-26-14-11-22/h3,5-6,8,15,18-19H,4,7,9-14H2,1-2H3/q+1. The zero-order valence-electron chi connectivity index (χ0n) is 16.1. The minimum absolute atomic E-state index is 0.0341. The summed E-state index contributed by atoms with van der Waals surface area (Å²) in [5.74, 6) is 0. The van der Waals surface area contributed by atoms with Crippen LogP contribution < -0.4 is 0 Å². The van der Waals surface area contributed by atoms with E-state index in [1.165, 1.54) is 7.11 Å². The predicted molar refractivity (Wildman–Crippen MR) is 102 cm³/mol. The van der Waals surface area contributed by atoms with Crippen LogP contribution in [-0.4, -0.2) is 86.8 Å². The normalized spacial score (nSPS) is 25.9. The molecular formula is C19H29N4O4+. The molecule has 0 saturated carbocycles. The molecule has 27 heavy (non-hydrogen) atoms. The molecule has 0 N–H and O–H groups in total. The molecule has 1 saturated heterocycles. The molecule has 3 aliphatic rings. The van der Waals surface area contributed by atoms with Gasteiger partial charge in [0.15, 0.2) is 7.11 Å². The fraction of sp³-hybridized carbons (Fsp3) is 0.632. The molecule has 2 heterocycles. The lowest BCUT2D eigenvalue weighted by atomic mass is 9.92. The fourth-order valence-corrected chi connectivity index (χ4v) is 3.52. The minimum Gasteiger partial charge on any atom is -0.379 e. The third-order valence-corrected chi connectivity index (χ3v) is 5.02. The van der Waals surface area contributed by atoms with Crippen molar-refractivity contribution in [1.82, 2.24) is 9.91 Å². The van der Waals surface area contributed by atoms with Gasteiger partial charge in [0.1, 0.15) is 0 Å². The van der Waals surface area contributed by atoms with Crippen LogP contribution in [0.15, 0.2) is 40.7 Å². The van der Waals surface area contributed by atoms with Crippen LogP contribution >= 0.6 is 0 Å². The second-order valence-electron chi connectivity index (χ2n) is 6.78. The Kier molecular flexibility index (Phi) is 7.14. The summed E-state index contributed by atoms with van der Waals surface area (Å²) in [5, 5.41) is 6.21. The van der Waals surface area contributed by atoms with Crippen LogP contribution in [-0.2, 0) is 14.3 Å². The van der Waals surface area contributed by atoms with Crippen molar-refractivity contribution < 1.29 is 19.2 Å². The third kappa shape index (κ3) is 5.24. The third-order valence-electron chi connectivity index (χ3n) is 5.02. The summed E-state index contributed by atoms with van der Waals surface area (Å²) in [5.41, 5.74) is 1.52. The van der Waals surface area contributed by atoms with E-state index >= 15 is 0 Å². The van der Waals surface area contributed by atoms with Crippen LogP contribution in [0.2, 0.25) is 0 Å². The van der Waals surface area contributed by atoms with Gasteiger partial charge in [0.25, 0.3) is 4.92 Å². The first-order valence-corrected chi connectivity index (χ1v) is 9.47. The summed E-state index contributed by atoms with van der Waals surface area (Å²) in [6.45, 7) is 5.31. The van der Waals surface area contributed by atoms with Gasteiger partial charge in [-0.25, -0.2) is 4.84 Å². The van der Waals surface area contributed by atoms with E-state index in [1.54, 1.807) is 6.21 Å². The van der Waals surface area contributed by atoms with Crippen molar-refractivity contribution in [3.8, 4) is 0 Å². The van der Waals surface area contributed by atoms with Crippen molar-refractivity contribution in [2.45, 2.75) is 25.0 Å². The maximum absolute atomic E-state index is 11.9. The molecule has 148 valence electrons. The van der Waals surface area contributed by atoms with E-state index in [2.05, 4.69) is 16.1 Å². The van der Waals surface area contributed by atoms with Crippen LogP contribution in [0, 0.1) is 4.91 Å². The number of rotatable bonds is 8. The summed E-state index contributed by atoms with van der Waals surface area (Å²) in [4.78, 5) is 19.6. The molecule has 2 atom stereocenters. The molecule has 0 aromatic rings. The van der Waals surface area contributed by atoms with Gasteiger partial charge in [-0.1, -0.05) is 6.08 Å². The number of likely N-dealkylation sites (N-methyl/N-ethyl adjacent to an activating group) is 1. The van der Waals surface area contributed by atoms with Crippen LogP contribution in [0.5, 0.6) is 0 Å². The molecule has 0 bridgehead atoms. The van der Waals surface area contributed by atoms with Crippen LogP contribution in [0.1, 0.15) is 12.8 Å². The zero-order chi connectivity index (χ0) is 19.1. The Hall–Kier alpha value is -2.03. The quantitative estimate of drug-likeness (QED) is 0.472. The van der Waals surface area contributed by atoms with Crippen molar-refractivity contribution in [3.05, 3.63) is 40.5 Å². The number of hydrazone groups is 1. The fourth-order valence-electron chi connectivity index (χ4n) is 3.52. The lowest BCUT2D eigenvalue weighted by molar-refractivity contribution is -0.758. The average molecular weight is 377 g/mol. The lowest BCUT2D eigenvalue weighted by Crippen LogP contribution is -2.38. The van der Waals surface area contributed by atoms with Gasteiger partial charge in [-0.15, -0.1) is 0 Å². The summed E-state index contributed by atoms with van der Waals surface area (Å²) >= 11 is 0. The maximum Gasteiger partial charge on any atom is 0.313 e. The molecule has 2 aliphatic heterocycles. The Morgan fingerprint density at radius 3 is 2.93 bits per heavy atom. The number of hydrogen-bond donors (Lipinski definition) is 0. The summed E-state index contributed by atoms with van der Waals surface area (Å²) in [6.07, 6.45) is 11.0. The molecule has 0 radical (unpaired) electrons. The molecular weight excluding hydrogens is 348 g/mol. The van der Waals surface area contributed by atoms with Gasteiger partial charge in [0, 0.05) is 58.1 Å². The van der Waals surface area contributed by atoms with Crippen LogP contribution in [0.4, 0.5) is 0 Å². The molecule has 3 rings (SSSR count). The molecule has 1 fully saturated rings. The zero-order valence-corrected chi connectivity index (χ0v) is 16.1. The number of nitrogens with zero attached hydrogens (tertiary/aromatic N) is 4. The summed E-state index contributed by atoms with van der Waals surface area (Å²) in [7, 11) is 3.29. The molecule has 0 aromatic heterocycles. The van der Waals surface area contributed by atoms with E-state index in [0.29, 0.717) is 23.6 Å². The SMILES string of the molecule is CO[N+](=O)C1=CCC(OCCCN2CCOCC2)C(C2C=CC=NN2C)=C1. The number of ether oxygens (including phenoxy) is 2. The Bertz CT molecular complexity index is 638. The van der Waals surface area contributed by atoms with Gasteiger partial charge in [-0.3, -0.25) is 9.91 Å².